The van der Waals surface area contributed by atoms with Crippen LogP contribution >= 0.6 is 35.0 Å². The van der Waals surface area contributed by atoms with E-state index in [-0.39, 0.29) is 0 Å². The number of rotatable bonds is 3. The summed E-state index contributed by atoms with van der Waals surface area (Å²) in [5.74, 6) is 0.782. The summed E-state index contributed by atoms with van der Waals surface area (Å²) in [6, 6.07) is 15.8. The van der Waals surface area contributed by atoms with E-state index >= 15 is 0 Å². The Kier molecular flexibility index (Phi) is 4.12. The molecule has 6 heteroatoms. The summed E-state index contributed by atoms with van der Waals surface area (Å²) in [5, 5.41) is 12.1. The molecule has 2 aromatic carbocycles. The van der Waals surface area contributed by atoms with E-state index in [1.54, 1.807) is 11.8 Å². The van der Waals surface area contributed by atoms with Crippen LogP contribution in [0, 0.1) is 6.92 Å². The van der Waals surface area contributed by atoms with Crippen LogP contribution in [0.5, 0.6) is 0 Å². The summed E-state index contributed by atoms with van der Waals surface area (Å²) >= 11 is 13.9. The number of fused-ring (bicyclic) bond motifs is 3. The molecule has 0 saturated carbocycles. The molecule has 2 heterocycles. The first-order chi connectivity index (χ1) is 11.6. The van der Waals surface area contributed by atoms with Gasteiger partial charge in [0, 0.05) is 21.2 Å². The van der Waals surface area contributed by atoms with Gasteiger partial charge < -0.3 is 0 Å². The van der Waals surface area contributed by atoms with E-state index in [1.807, 2.05) is 42.5 Å². The van der Waals surface area contributed by atoms with E-state index in [2.05, 4.69) is 27.6 Å². The Bertz CT molecular complexity index is 1060. The van der Waals surface area contributed by atoms with E-state index < -0.39 is 0 Å². The maximum absolute atomic E-state index is 6.15. The second-order valence-electron chi connectivity index (χ2n) is 5.58. The monoisotopic (exact) mass is 373 g/mol. The normalized spacial score (nSPS) is 11.5. The molecule has 0 radical (unpaired) electrons. The van der Waals surface area contributed by atoms with Gasteiger partial charge >= 0.3 is 0 Å². The average molecular weight is 374 g/mol. The molecule has 0 aliphatic heterocycles. The molecule has 0 bridgehead atoms. The van der Waals surface area contributed by atoms with Crippen LogP contribution in [0.1, 0.15) is 11.1 Å². The third-order valence-electron chi connectivity index (χ3n) is 3.89. The van der Waals surface area contributed by atoms with E-state index in [9.17, 15) is 0 Å². The molecule has 2 aromatic heterocycles. The van der Waals surface area contributed by atoms with Gasteiger partial charge in [-0.1, -0.05) is 47.1 Å². The Morgan fingerprint density at radius 1 is 1.00 bits per heavy atom. The van der Waals surface area contributed by atoms with Gasteiger partial charge in [0.25, 0.3) is 0 Å². The van der Waals surface area contributed by atoms with Crippen LogP contribution < -0.4 is 0 Å². The standard InChI is InChI=1S/C18H13Cl2N3S/c1-11-7-17-21-22-18(24-10-12-3-2-4-13(19)8-12)23(17)16-6-5-14(20)9-15(11)16/h2-9H,10H2,1H3. The number of nitrogens with zero attached hydrogens (tertiary/aromatic N) is 3. The first-order valence-corrected chi connectivity index (χ1v) is 9.17. The van der Waals surface area contributed by atoms with Crippen molar-refractivity contribution >= 4 is 51.5 Å². The Balaban J connectivity index is 1.79. The molecule has 3 nitrogen and oxygen atoms in total. The molecular formula is C18H13Cl2N3S. The molecule has 24 heavy (non-hydrogen) atoms. The molecule has 0 amide bonds. The van der Waals surface area contributed by atoms with Gasteiger partial charge in [-0.25, -0.2) is 0 Å². The van der Waals surface area contributed by atoms with Crippen LogP contribution in [0.2, 0.25) is 10.0 Å². The third-order valence-corrected chi connectivity index (χ3v) is 5.36. The highest BCUT2D eigenvalue weighted by Crippen LogP contribution is 2.29. The predicted octanol–water partition coefficient (Wildman–Crippen LogP) is 5.79. The number of hydrogen-bond donors (Lipinski definition) is 0. The van der Waals surface area contributed by atoms with Crippen molar-refractivity contribution in [2.75, 3.05) is 0 Å². The Morgan fingerprint density at radius 3 is 2.67 bits per heavy atom. The lowest BCUT2D eigenvalue weighted by Gasteiger charge is -2.08. The Hall–Kier alpha value is -1.75. The van der Waals surface area contributed by atoms with Gasteiger partial charge in [-0.15, -0.1) is 10.2 Å². The molecule has 4 aromatic rings. The predicted molar refractivity (Wildman–Crippen MR) is 101 cm³/mol. The largest absolute Gasteiger partial charge is 0.270 e. The molecule has 0 atom stereocenters. The highest BCUT2D eigenvalue weighted by Gasteiger charge is 2.12. The van der Waals surface area contributed by atoms with Crippen molar-refractivity contribution < 1.29 is 0 Å². The van der Waals surface area contributed by atoms with Crippen LogP contribution in [0.3, 0.4) is 0 Å². The van der Waals surface area contributed by atoms with Gasteiger partial charge in [-0.05, 0) is 54.4 Å². The summed E-state index contributed by atoms with van der Waals surface area (Å²) in [7, 11) is 0. The molecular weight excluding hydrogens is 361 g/mol. The minimum absolute atomic E-state index is 0.728. The SMILES string of the molecule is Cc1cc2nnc(SCc3cccc(Cl)c3)n2c2ccc(Cl)cc12. The van der Waals surface area contributed by atoms with E-state index in [0.29, 0.717) is 0 Å². The van der Waals surface area contributed by atoms with Crippen LogP contribution in [0.25, 0.3) is 16.6 Å². The fourth-order valence-corrected chi connectivity index (χ4v) is 4.04. The Labute approximate surface area is 153 Å². The average Bonchev–Trinajstić information content (AvgIpc) is 2.96. The molecule has 0 unspecified atom stereocenters. The van der Waals surface area contributed by atoms with Crippen molar-refractivity contribution in [1.29, 1.82) is 0 Å². The number of aromatic nitrogens is 3. The van der Waals surface area contributed by atoms with Crippen LogP contribution in [-0.4, -0.2) is 14.6 Å². The van der Waals surface area contributed by atoms with Gasteiger partial charge in [0.2, 0.25) is 0 Å². The lowest BCUT2D eigenvalue weighted by Crippen LogP contribution is -1.93. The summed E-state index contributed by atoms with van der Waals surface area (Å²) in [6.07, 6.45) is 0. The summed E-state index contributed by atoms with van der Waals surface area (Å²) in [4.78, 5) is 0. The van der Waals surface area contributed by atoms with E-state index in [0.717, 1.165) is 48.6 Å². The number of aryl methyl sites for hydroxylation is 1. The minimum Gasteiger partial charge on any atom is -0.270 e. The summed E-state index contributed by atoms with van der Waals surface area (Å²) in [6.45, 7) is 2.06. The van der Waals surface area contributed by atoms with Gasteiger partial charge in [0.05, 0.1) is 5.52 Å². The first kappa shape index (κ1) is 15.8. The van der Waals surface area contributed by atoms with Crippen LogP contribution in [0.15, 0.2) is 53.7 Å². The molecule has 0 fully saturated rings. The summed E-state index contributed by atoms with van der Waals surface area (Å²) in [5.41, 5.74) is 4.20. The summed E-state index contributed by atoms with van der Waals surface area (Å²) < 4.78 is 2.08. The molecule has 120 valence electrons. The van der Waals surface area contributed by atoms with Crippen LogP contribution in [0.4, 0.5) is 0 Å². The fraction of sp³-hybridized carbons (Fsp3) is 0.111. The number of halogens is 2. The van der Waals surface area contributed by atoms with Crippen molar-refractivity contribution in [3.8, 4) is 0 Å². The van der Waals surface area contributed by atoms with E-state index in [1.165, 1.54) is 0 Å². The Morgan fingerprint density at radius 2 is 1.83 bits per heavy atom. The number of thioether (sulfide) groups is 1. The third kappa shape index (κ3) is 2.86. The van der Waals surface area contributed by atoms with Gasteiger partial charge in [-0.3, -0.25) is 4.40 Å². The zero-order valence-electron chi connectivity index (χ0n) is 12.8. The molecule has 0 N–H and O–H groups in total. The van der Waals surface area contributed by atoms with Crippen molar-refractivity contribution in [1.82, 2.24) is 14.6 Å². The second kappa shape index (κ2) is 6.28. The molecule has 4 rings (SSSR count). The number of benzene rings is 2. The second-order valence-corrected chi connectivity index (χ2v) is 7.40. The van der Waals surface area contributed by atoms with Gasteiger partial charge in [0.15, 0.2) is 10.8 Å². The molecule has 0 spiro atoms. The van der Waals surface area contributed by atoms with Crippen molar-refractivity contribution in [2.24, 2.45) is 0 Å². The van der Waals surface area contributed by atoms with Crippen molar-refractivity contribution in [2.45, 2.75) is 17.8 Å². The van der Waals surface area contributed by atoms with Crippen LogP contribution in [-0.2, 0) is 5.75 Å². The van der Waals surface area contributed by atoms with Crippen molar-refractivity contribution in [3.05, 3.63) is 69.7 Å². The first-order valence-electron chi connectivity index (χ1n) is 7.43. The van der Waals surface area contributed by atoms with E-state index in [4.69, 9.17) is 23.2 Å². The molecule has 0 saturated heterocycles. The molecule has 0 aliphatic rings. The van der Waals surface area contributed by atoms with Gasteiger partial charge in [-0.2, -0.15) is 0 Å². The quantitative estimate of drug-likeness (QED) is 0.425. The maximum Gasteiger partial charge on any atom is 0.196 e. The zero-order valence-corrected chi connectivity index (χ0v) is 15.2. The minimum atomic E-state index is 0.728. The zero-order chi connectivity index (χ0) is 16.7. The van der Waals surface area contributed by atoms with Crippen molar-refractivity contribution in [3.63, 3.8) is 0 Å². The van der Waals surface area contributed by atoms with Gasteiger partial charge in [0.1, 0.15) is 0 Å². The topological polar surface area (TPSA) is 30.2 Å². The number of hydrogen-bond acceptors (Lipinski definition) is 3. The lowest BCUT2D eigenvalue weighted by atomic mass is 10.1. The highest BCUT2D eigenvalue weighted by atomic mass is 35.5. The fourth-order valence-electron chi connectivity index (χ4n) is 2.76. The number of pyridine rings is 1. The smallest absolute Gasteiger partial charge is 0.196 e. The maximum atomic E-state index is 6.15. The molecule has 0 aliphatic carbocycles. The highest BCUT2D eigenvalue weighted by molar-refractivity contribution is 7.98. The lowest BCUT2D eigenvalue weighted by molar-refractivity contribution is 0.939.